The molecule has 1 heterocycles. The smallest absolute Gasteiger partial charge is 0.251 e. The van der Waals surface area contributed by atoms with Crippen molar-refractivity contribution in [1.82, 2.24) is 20.9 Å². The van der Waals surface area contributed by atoms with E-state index in [1.165, 1.54) is 5.01 Å². The molecule has 6 nitrogen and oxygen atoms in total. The molecule has 1 aromatic carbocycles. The number of rotatable bonds is 9. The molecule has 1 amide bonds. The average molecular weight is 388 g/mol. The lowest BCUT2D eigenvalue weighted by Crippen LogP contribution is -2.38. The van der Waals surface area contributed by atoms with E-state index in [2.05, 4.69) is 45.2 Å². The monoisotopic (exact) mass is 387 g/mol. The number of carbonyl (C=O) groups is 1. The van der Waals surface area contributed by atoms with Gasteiger partial charge in [-0.3, -0.25) is 9.79 Å². The Morgan fingerprint density at radius 3 is 2.78 bits per heavy atom. The van der Waals surface area contributed by atoms with Crippen LogP contribution in [0.15, 0.2) is 34.6 Å². The molecular formula is C20H29N5OS. The molecule has 0 bridgehead atoms. The van der Waals surface area contributed by atoms with Crippen LogP contribution in [0.25, 0.3) is 0 Å². The van der Waals surface area contributed by atoms with Gasteiger partial charge in [-0.25, -0.2) is 4.98 Å². The van der Waals surface area contributed by atoms with Gasteiger partial charge in [-0.2, -0.15) is 0 Å². The third-order valence-electron chi connectivity index (χ3n) is 4.01. The van der Waals surface area contributed by atoms with Gasteiger partial charge in [0.05, 0.1) is 10.7 Å². The van der Waals surface area contributed by atoms with Gasteiger partial charge in [0.25, 0.3) is 5.91 Å². The molecule has 0 aliphatic carbocycles. The van der Waals surface area contributed by atoms with Crippen molar-refractivity contribution in [2.75, 3.05) is 26.7 Å². The van der Waals surface area contributed by atoms with Crippen LogP contribution in [-0.2, 0) is 19.3 Å². The normalized spacial score (nSPS) is 11.3. The minimum absolute atomic E-state index is 0.0621. The number of amides is 1. The number of carbonyl (C=O) groups excluding carboxylic acids is 1. The number of aryl methyl sites for hydroxylation is 1. The third-order valence-corrected chi connectivity index (χ3v) is 5.05. The summed E-state index contributed by atoms with van der Waals surface area (Å²) in [6.07, 6.45) is 2.65. The summed E-state index contributed by atoms with van der Waals surface area (Å²) in [7, 11) is 1.64. The second-order valence-corrected chi connectivity index (χ2v) is 7.00. The number of hydrogen-bond acceptors (Lipinski definition) is 4. The van der Waals surface area contributed by atoms with Crippen molar-refractivity contribution >= 4 is 23.2 Å². The van der Waals surface area contributed by atoms with Gasteiger partial charge in [0.2, 0.25) is 0 Å². The van der Waals surface area contributed by atoms with E-state index in [1.807, 2.05) is 24.3 Å². The van der Waals surface area contributed by atoms with E-state index in [0.29, 0.717) is 12.1 Å². The standard InChI is InChI=1S/C20H29N5OS/c1-4-18-25-17(14-27-18)10-12-24-20(22-5-2)23-11-9-15-7-6-8-16(13-15)19(26)21-3/h6-8,13-14H,4-5,9-12H2,1-3H3,(H,21,26)(H2,22,23,24). The SMILES string of the molecule is CCNC(=NCCc1csc(CC)n1)NCCc1cccc(C(=O)NC)c1. The summed E-state index contributed by atoms with van der Waals surface area (Å²) in [5, 5.41) is 12.6. The van der Waals surface area contributed by atoms with Gasteiger partial charge in [0.1, 0.15) is 0 Å². The summed E-state index contributed by atoms with van der Waals surface area (Å²) in [5.74, 6) is 0.749. The van der Waals surface area contributed by atoms with E-state index in [9.17, 15) is 4.79 Å². The maximum Gasteiger partial charge on any atom is 0.251 e. The van der Waals surface area contributed by atoms with Crippen molar-refractivity contribution in [3.63, 3.8) is 0 Å². The molecule has 0 saturated heterocycles. The summed E-state index contributed by atoms with van der Waals surface area (Å²) in [5.41, 5.74) is 2.92. The van der Waals surface area contributed by atoms with Crippen molar-refractivity contribution in [3.05, 3.63) is 51.5 Å². The summed E-state index contributed by atoms with van der Waals surface area (Å²) in [6, 6.07) is 7.70. The quantitative estimate of drug-likeness (QED) is 0.456. The molecule has 0 fully saturated rings. The number of aliphatic imine (C=N–C) groups is 1. The van der Waals surface area contributed by atoms with Crippen LogP contribution in [0.3, 0.4) is 0 Å². The zero-order chi connectivity index (χ0) is 19.5. The second kappa shape index (κ2) is 11.3. The number of thiazole rings is 1. The van der Waals surface area contributed by atoms with Crippen molar-refractivity contribution in [2.24, 2.45) is 4.99 Å². The molecule has 0 spiro atoms. The molecule has 2 rings (SSSR count). The molecule has 0 aliphatic rings. The Kier molecular flexibility index (Phi) is 8.77. The molecular weight excluding hydrogens is 358 g/mol. The zero-order valence-corrected chi connectivity index (χ0v) is 17.2. The summed E-state index contributed by atoms with van der Waals surface area (Å²) in [6.45, 7) is 6.44. The first kappa shape index (κ1) is 20.9. The molecule has 7 heteroatoms. The Hall–Kier alpha value is -2.41. The summed E-state index contributed by atoms with van der Waals surface area (Å²) in [4.78, 5) is 20.9. The number of nitrogens with one attached hydrogen (secondary N) is 3. The van der Waals surface area contributed by atoms with Gasteiger partial charge in [-0.05, 0) is 37.5 Å². The molecule has 3 N–H and O–H groups in total. The van der Waals surface area contributed by atoms with Crippen LogP contribution in [0.2, 0.25) is 0 Å². The molecule has 1 aromatic heterocycles. The third kappa shape index (κ3) is 7.02. The van der Waals surface area contributed by atoms with Crippen LogP contribution in [0.4, 0.5) is 0 Å². The van der Waals surface area contributed by atoms with Gasteiger partial charge in [0.15, 0.2) is 5.96 Å². The highest BCUT2D eigenvalue weighted by atomic mass is 32.1. The molecule has 0 atom stereocenters. The molecule has 0 radical (unpaired) electrons. The topological polar surface area (TPSA) is 78.4 Å². The molecule has 2 aromatic rings. The minimum Gasteiger partial charge on any atom is -0.357 e. The predicted molar refractivity (Wildman–Crippen MR) is 113 cm³/mol. The lowest BCUT2D eigenvalue weighted by molar-refractivity contribution is 0.0963. The molecule has 146 valence electrons. The number of hydrogen-bond donors (Lipinski definition) is 3. The largest absolute Gasteiger partial charge is 0.357 e. The van der Waals surface area contributed by atoms with Gasteiger partial charge in [0, 0.05) is 44.0 Å². The number of aromatic nitrogens is 1. The van der Waals surface area contributed by atoms with Gasteiger partial charge >= 0.3 is 0 Å². The zero-order valence-electron chi connectivity index (χ0n) is 16.3. The Balaban J connectivity index is 1.83. The fourth-order valence-corrected chi connectivity index (χ4v) is 3.37. The second-order valence-electron chi connectivity index (χ2n) is 6.05. The fraction of sp³-hybridized carbons (Fsp3) is 0.450. The van der Waals surface area contributed by atoms with Gasteiger partial charge in [-0.15, -0.1) is 11.3 Å². The predicted octanol–water partition coefficient (Wildman–Crippen LogP) is 2.41. The van der Waals surface area contributed by atoms with E-state index in [4.69, 9.17) is 0 Å². The summed E-state index contributed by atoms with van der Waals surface area (Å²) < 4.78 is 0. The molecule has 0 aliphatic heterocycles. The van der Waals surface area contributed by atoms with Crippen molar-refractivity contribution in [1.29, 1.82) is 0 Å². The molecule has 0 unspecified atom stereocenters. The van der Waals surface area contributed by atoms with Crippen LogP contribution in [-0.4, -0.2) is 43.5 Å². The Labute approximate surface area is 165 Å². The van der Waals surface area contributed by atoms with Gasteiger partial charge < -0.3 is 16.0 Å². The first-order valence-corrected chi connectivity index (χ1v) is 10.3. The van der Waals surface area contributed by atoms with Crippen LogP contribution in [0.1, 0.15) is 40.5 Å². The number of benzene rings is 1. The van der Waals surface area contributed by atoms with E-state index < -0.39 is 0 Å². The van der Waals surface area contributed by atoms with E-state index in [1.54, 1.807) is 18.4 Å². The fourth-order valence-electron chi connectivity index (χ4n) is 2.59. The van der Waals surface area contributed by atoms with Crippen LogP contribution < -0.4 is 16.0 Å². The maximum atomic E-state index is 11.7. The lowest BCUT2D eigenvalue weighted by Gasteiger charge is -2.11. The Morgan fingerprint density at radius 2 is 2.07 bits per heavy atom. The van der Waals surface area contributed by atoms with Crippen molar-refractivity contribution < 1.29 is 4.79 Å². The number of guanidine groups is 1. The van der Waals surface area contributed by atoms with Crippen molar-refractivity contribution in [3.8, 4) is 0 Å². The van der Waals surface area contributed by atoms with E-state index in [0.717, 1.165) is 49.6 Å². The minimum atomic E-state index is -0.0621. The molecule has 27 heavy (non-hydrogen) atoms. The van der Waals surface area contributed by atoms with Crippen molar-refractivity contribution in [2.45, 2.75) is 33.1 Å². The first-order valence-electron chi connectivity index (χ1n) is 9.42. The Morgan fingerprint density at radius 1 is 1.22 bits per heavy atom. The van der Waals surface area contributed by atoms with Crippen LogP contribution in [0, 0.1) is 0 Å². The maximum absolute atomic E-state index is 11.7. The van der Waals surface area contributed by atoms with E-state index >= 15 is 0 Å². The van der Waals surface area contributed by atoms with Gasteiger partial charge in [-0.1, -0.05) is 19.1 Å². The van der Waals surface area contributed by atoms with Crippen LogP contribution >= 0.6 is 11.3 Å². The average Bonchev–Trinajstić information content (AvgIpc) is 3.15. The summed E-state index contributed by atoms with van der Waals surface area (Å²) >= 11 is 1.72. The number of nitrogens with zero attached hydrogens (tertiary/aromatic N) is 2. The highest BCUT2D eigenvalue weighted by molar-refractivity contribution is 7.09. The lowest BCUT2D eigenvalue weighted by atomic mass is 10.1. The highest BCUT2D eigenvalue weighted by Gasteiger charge is 2.04. The Bertz CT molecular complexity index is 756. The van der Waals surface area contributed by atoms with Crippen LogP contribution in [0.5, 0.6) is 0 Å². The van der Waals surface area contributed by atoms with E-state index in [-0.39, 0.29) is 5.91 Å². The first-order chi connectivity index (χ1) is 13.2. The molecule has 0 saturated carbocycles. The highest BCUT2D eigenvalue weighted by Crippen LogP contribution is 2.10.